The molecule has 1 aromatic carbocycles. The number of anilines is 2. The first kappa shape index (κ1) is 18.0. The van der Waals surface area contributed by atoms with Gasteiger partial charge < -0.3 is 5.32 Å². The van der Waals surface area contributed by atoms with Gasteiger partial charge in [0.1, 0.15) is 17.5 Å². The number of alkyl halides is 3. The van der Waals surface area contributed by atoms with Crippen LogP contribution in [0.3, 0.4) is 0 Å². The molecule has 3 aromatic heterocycles. The summed E-state index contributed by atoms with van der Waals surface area (Å²) in [6.45, 7) is 2.00. The zero-order chi connectivity index (χ0) is 19.7. The van der Waals surface area contributed by atoms with Crippen molar-refractivity contribution in [1.82, 2.24) is 19.5 Å². The number of aromatic nitrogens is 4. The summed E-state index contributed by atoms with van der Waals surface area (Å²) in [7, 11) is 0. The van der Waals surface area contributed by atoms with Crippen LogP contribution in [0.4, 0.5) is 24.7 Å². The monoisotopic (exact) mass is 383 g/mol. The third-order valence-corrected chi connectivity index (χ3v) is 4.26. The van der Waals surface area contributed by atoms with Gasteiger partial charge in [-0.3, -0.25) is 4.57 Å². The fourth-order valence-corrected chi connectivity index (χ4v) is 2.96. The zero-order valence-corrected chi connectivity index (χ0v) is 14.9. The van der Waals surface area contributed by atoms with Crippen molar-refractivity contribution in [2.24, 2.45) is 0 Å². The fraction of sp³-hybridized carbons (Fsp3) is 0.150. The number of pyridine rings is 2. The van der Waals surface area contributed by atoms with Crippen LogP contribution in [0.15, 0.2) is 60.8 Å². The molecule has 0 amide bonds. The number of nitrogens with zero attached hydrogens (tertiary/aromatic N) is 4. The minimum atomic E-state index is -4.36. The number of aryl methyl sites for hydroxylation is 1. The quantitative estimate of drug-likeness (QED) is 0.530. The smallest absolute Gasteiger partial charge is 0.340 e. The van der Waals surface area contributed by atoms with Gasteiger partial charge in [-0.05, 0) is 48.5 Å². The third kappa shape index (κ3) is 3.40. The highest BCUT2D eigenvalue weighted by Gasteiger charge is 2.29. The lowest BCUT2D eigenvalue weighted by atomic mass is 10.2. The lowest BCUT2D eigenvalue weighted by Gasteiger charge is -2.11. The Morgan fingerprint density at radius 3 is 2.46 bits per heavy atom. The molecular weight excluding hydrogens is 367 g/mol. The molecule has 3 heterocycles. The van der Waals surface area contributed by atoms with Crippen LogP contribution >= 0.6 is 0 Å². The number of hydrogen-bond donors (Lipinski definition) is 1. The molecule has 5 nitrogen and oxygen atoms in total. The largest absolute Gasteiger partial charge is 0.416 e. The van der Waals surface area contributed by atoms with E-state index in [4.69, 9.17) is 0 Å². The number of halogens is 3. The predicted octanol–water partition coefficient (Wildman–Crippen LogP) is 5.14. The summed E-state index contributed by atoms with van der Waals surface area (Å²) in [5, 5.41) is 3.04. The summed E-state index contributed by atoms with van der Waals surface area (Å²) in [6.07, 6.45) is -1.96. The maximum absolute atomic E-state index is 12.7. The molecule has 0 atom stereocenters. The molecule has 142 valence electrons. The van der Waals surface area contributed by atoms with Crippen LogP contribution < -0.4 is 5.32 Å². The van der Waals surface area contributed by atoms with Crippen LogP contribution in [0, 0.1) is 0 Å². The van der Waals surface area contributed by atoms with Crippen LogP contribution in [-0.4, -0.2) is 19.5 Å². The Balaban J connectivity index is 1.68. The Morgan fingerprint density at radius 2 is 1.75 bits per heavy atom. The second kappa shape index (κ2) is 6.95. The number of imidazole rings is 1. The molecule has 0 radical (unpaired) electrons. The van der Waals surface area contributed by atoms with Crippen molar-refractivity contribution in [3.8, 4) is 5.82 Å². The topological polar surface area (TPSA) is 55.6 Å². The van der Waals surface area contributed by atoms with Crippen molar-refractivity contribution in [1.29, 1.82) is 0 Å². The fourth-order valence-electron chi connectivity index (χ4n) is 2.96. The highest BCUT2D eigenvalue weighted by molar-refractivity contribution is 5.74. The van der Waals surface area contributed by atoms with E-state index >= 15 is 0 Å². The van der Waals surface area contributed by atoms with Crippen molar-refractivity contribution in [3.05, 3.63) is 72.2 Å². The van der Waals surface area contributed by atoms with Gasteiger partial charge in [0, 0.05) is 18.3 Å². The lowest BCUT2D eigenvalue weighted by molar-refractivity contribution is -0.137. The first-order valence-corrected chi connectivity index (χ1v) is 8.70. The minimum Gasteiger partial charge on any atom is -0.340 e. The number of benzene rings is 1. The summed E-state index contributed by atoms with van der Waals surface area (Å²) in [4.78, 5) is 13.4. The highest BCUT2D eigenvalue weighted by Crippen LogP contribution is 2.30. The molecule has 28 heavy (non-hydrogen) atoms. The molecule has 1 N–H and O–H groups in total. The minimum absolute atomic E-state index is 0.519. The first-order chi connectivity index (χ1) is 13.5. The van der Waals surface area contributed by atoms with Crippen LogP contribution in [0.25, 0.3) is 17.0 Å². The summed E-state index contributed by atoms with van der Waals surface area (Å²) < 4.78 is 40.1. The van der Waals surface area contributed by atoms with E-state index in [2.05, 4.69) is 20.3 Å². The van der Waals surface area contributed by atoms with Gasteiger partial charge in [-0.2, -0.15) is 13.2 Å². The molecule has 0 aliphatic rings. The summed E-state index contributed by atoms with van der Waals surface area (Å²) >= 11 is 0. The van der Waals surface area contributed by atoms with Crippen LogP contribution in [0.5, 0.6) is 0 Å². The average Bonchev–Trinajstić information content (AvgIpc) is 3.06. The first-order valence-electron chi connectivity index (χ1n) is 8.70. The average molecular weight is 383 g/mol. The van der Waals surface area contributed by atoms with Gasteiger partial charge in [-0.15, -0.1) is 0 Å². The molecule has 0 saturated carbocycles. The van der Waals surface area contributed by atoms with E-state index < -0.39 is 11.7 Å². The van der Waals surface area contributed by atoms with Gasteiger partial charge in [0.15, 0.2) is 5.65 Å². The van der Waals surface area contributed by atoms with E-state index in [-0.39, 0.29) is 0 Å². The molecule has 0 unspecified atom stereocenters. The van der Waals surface area contributed by atoms with Crippen molar-refractivity contribution in [2.45, 2.75) is 19.5 Å². The Labute approximate surface area is 158 Å². The molecule has 0 bridgehead atoms. The highest BCUT2D eigenvalue weighted by atomic mass is 19.4. The molecule has 0 aliphatic heterocycles. The van der Waals surface area contributed by atoms with E-state index in [1.807, 2.05) is 35.8 Å². The van der Waals surface area contributed by atoms with E-state index in [0.29, 0.717) is 29.4 Å². The van der Waals surface area contributed by atoms with Crippen LogP contribution in [0.2, 0.25) is 0 Å². The predicted molar refractivity (Wildman–Crippen MR) is 101 cm³/mol. The van der Waals surface area contributed by atoms with Crippen molar-refractivity contribution >= 4 is 22.7 Å². The van der Waals surface area contributed by atoms with Crippen LogP contribution in [-0.2, 0) is 12.6 Å². The van der Waals surface area contributed by atoms with Gasteiger partial charge in [0.2, 0.25) is 0 Å². The molecule has 4 aromatic rings. The van der Waals surface area contributed by atoms with Gasteiger partial charge in [0.25, 0.3) is 0 Å². The molecular formula is C20H16F3N5. The zero-order valence-electron chi connectivity index (χ0n) is 14.9. The van der Waals surface area contributed by atoms with Crippen molar-refractivity contribution in [3.63, 3.8) is 0 Å². The molecule has 0 spiro atoms. The molecule has 8 heteroatoms. The summed E-state index contributed by atoms with van der Waals surface area (Å²) in [6, 6.07) is 14.0. The van der Waals surface area contributed by atoms with E-state index in [1.165, 1.54) is 12.1 Å². The maximum Gasteiger partial charge on any atom is 0.416 e. The number of fused-ring (bicyclic) bond motifs is 1. The Bertz CT molecular complexity index is 1120. The number of nitrogens with one attached hydrogen (secondary N) is 1. The summed E-state index contributed by atoms with van der Waals surface area (Å²) in [5.74, 6) is 2.00. The maximum atomic E-state index is 12.7. The SMILES string of the molecule is CCc1nc2ncccc2n1-c1cccc(Nc2ccc(C(F)(F)F)cc2)n1. The molecule has 0 fully saturated rings. The van der Waals surface area contributed by atoms with Crippen LogP contribution in [0.1, 0.15) is 18.3 Å². The van der Waals surface area contributed by atoms with Crippen molar-refractivity contribution < 1.29 is 13.2 Å². The van der Waals surface area contributed by atoms with Gasteiger partial charge in [0.05, 0.1) is 11.1 Å². The van der Waals surface area contributed by atoms with E-state index in [0.717, 1.165) is 23.5 Å². The summed E-state index contributed by atoms with van der Waals surface area (Å²) in [5.41, 5.74) is 1.32. The Morgan fingerprint density at radius 1 is 0.964 bits per heavy atom. The van der Waals surface area contributed by atoms with Gasteiger partial charge in [-0.1, -0.05) is 13.0 Å². The van der Waals surface area contributed by atoms with E-state index in [9.17, 15) is 13.2 Å². The van der Waals surface area contributed by atoms with Gasteiger partial charge in [-0.25, -0.2) is 15.0 Å². The number of rotatable bonds is 4. The second-order valence-electron chi connectivity index (χ2n) is 6.14. The molecule has 4 rings (SSSR count). The van der Waals surface area contributed by atoms with E-state index in [1.54, 1.807) is 12.3 Å². The molecule has 0 aliphatic carbocycles. The van der Waals surface area contributed by atoms with Gasteiger partial charge >= 0.3 is 6.18 Å². The third-order valence-electron chi connectivity index (χ3n) is 4.26. The second-order valence-corrected chi connectivity index (χ2v) is 6.14. The lowest BCUT2D eigenvalue weighted by Crippen LogP contribution is -2.05. The Kier molecular flexibility index (Phi) is 4.46. The standard InChI is InChI=1S/C20H16F3N5/c1-2-17-27-19-15(5-4-12-24-19)28(17)18-7-3-6-16(26-18)25-14-10-8-13(9-11-14)20(21,22)23/h3-12H,2H2,1H3,(H,25,26). The normalized spacial score (nSPS) is 11.7. The Hall–Kier alpha value is -3.42. The number of hydrogen-bond acceptors (Lipinski definition) is 4. The van der Waals surface area contributed by atoms with Crippen molar-refractivity contribution in [2.75, 3.05) is 5.32 Å². The molecule has 0 saturated heterocycles.